The number of nitrogens with zero attached hydrogens (tertiary/aromatic N) is 2. The van der Waals surface area contributed by atoms with E-state index in [4.69, 9.17) is 15.2 Å². The van der Waals surface area contributed by atoms with E-state index in [9.17, 15) is 0 Å². The molecular weight excluding hydrogens is 362 g/mol. The maximum absolute atomic E-state index is 6.45. The molecule has 0 fully saturated rings. The average Bonchev–Trinajstić information content (AvgIpc) is 2.76. The van der Waals surface area contributed by atoms with E-state index < -0.39 is 0 Å². The van der Waals surface area contributed by atoms with Gasteiger partial charge in [-0.05, 0) is 55.0 Å². The lowest BCUT2D eigenvalue weighted by Gasteiger charge is -2.24. The smallest absolute Gasteiger partial charge is 0.205 e. The average molecular weight is 389 g/mol. The Balaban J connectivity index is 1.89. The first-order valence-corrected chi connectivity index (χ1v) is 9.77. The van der Waals surface area contributed by atoms with Crippen molar-refractivity contribution in [2.75, 3.05) is 18.6 Å². The minimum Gasteiger partial charge on any atom is -0.497 e. The molecule has 5 heteroatoms. The number of ether oxygens (including phenoxy) is 2. The van der Waals surface area contributed by atoms with Gasteiger partial charge in [0.05, 0.1) is 25.1 Å². The highest BCUT2D eigenvalue weighted by atomic mass is 16.5. The van der Waals surface area contributed by atoms with Gasteiger partial charge < -0.3 is 15.2 Å². The number of aliphatic imine (C=N–C) groups is 1. The molecule has 0 unspecified atom stereocenters. The fourth-order valence-corrected chi connectivity index (χ4v) is 2.87. The minimum absolute atomic E-state index is 0.365. The molecule has 3 rings (SSSR count). The van der Waals surface area contributed by atoms with Crippen LogP contribution in [0, 0.1) is 0 Å². The third-order valence-corrected chi connectivity index (χ3v) is 4.40. The predicted molar refractivity (Wildman–Crippen MR) is 120 cm³/mol. The van der Waals surface area contributed by atoms with Gasteiger partial charge in [0.1, 0.15) is 11.5 Å². The lowest BCUT2D eigenvalue weighted by molar-refractivity contribution is 0.309. The van der Waals surface area contributed by atoms with Gasteiger partial charge in [0, 0.05) is 11.8 Å². The van der Waals surface area contributed by atoms with Crippen LogP contribution in [0.4, 0.5) is 17.1 Å². The van der Waals surface area contributed by atoms with Crippen molar-refractivity contribution in [2.45, 2.75) is 19.8 Å². The molecular formula is C24H27N3O2. The first-order valence-electron chi connectivity index (χ1n) is 9.77. The highest BCUT2D eigenvalue weighted by molar-refractivity contribution is 6.03. The van der Waals surface area contributed by atoms with E-state index in [1.54, 1.807) is 7.11 Å². The topological polar surface area (TPSA) is 60.1 Å². The number of methoxy groups -OCH3 is 1. The number of unbranched alkanes of at least 4 members (excludes halogenated alkanes) is 1. The molecule has 0 saturated heterocycles. The molecule has 5 nitrogen and oxygen atoms in total. The van der Waals surface area contributed by atoms with Gasteiger partial charge in [-0.2, -0.15) is 0 Å². The molecule has 0 spiro atoms. The van der Waals surface area contributed by atoms with Crippen molar-refractivity contribution in [3.05, 3.63) is 78.9 Å². The number of benzene rings is 3. The number of nitrogens with two attached hydrogens (primary N) is 1. The molecule has 3 aromatic rings. The van der Waals surface area contributed by atoms with E-state index in [1.807, 2.05) is 83.8 Å². The molecule has 0 saturated carbocycles. The van der Waals surface area contributed by atoms with Crippen molar-refractivity contribution in [2.24, 2.45) is 10.7 Å². The lowest BCUT2D eigenvalue weighted by atomic mass is 10.2. The SMILES string of the molecule is CCCCOc1ccc(N=C(N)N(c2ccccc2)c2cccc(OC)c2)cc1. The third kappa shape index (κ3) is 5.51. The van der Waals surface area contributed by atoms with Crippen molar-refractivity contribution in [3.8, 4) is 11.5 Å². The van der Waals surface area contributed by atoms with E-state index in [-0.39, 0.29) is 0 Å². The summed E-state index contributed by atoms with van der Waals surface area (Å²) in [5.74, 6) is 1.96. The van der Waals surface area contributed by atoms with Crippen LogP contribution < -0.4 is 20.1 Å². The molecule has 0 aliphatic carbocycles. The molecule has 3 aromatic carbocycles. The summed E-state index contributed by atoms with van der Waals surface area (Å²) in [5.41, 5.74) is 8.99. The monoisotopic (exact) mass is 389 g/mol. The molecule has 0 amide bonds. The molecule has 0 aromatic heterocycles. The molecule has 0 aliphatic heterocycles. The van der Waals surface area contributed by atoms with Crippen molar-refractivity contribution >= 4 is 23.0 Å². The summed E-state index contributed by atoms with van der Waals surface area (Å²) in [6.07, 6.45) is 2.15. The number of guanidine groups is 1. The summed E-state index contributed by atoms with van der Waals surface area (Å²) in [6, 6.07) is 25.3. The Labute approximate surface area is 172 Å². The minimum atomic E-state index is 0.365. The van der Waals surface area contributed by atoms with Gasteiger partial charge in [0.2, 0.25) is 5.96 Å². The Morgan fingerprint density at radius 2 is 1.62 bits per heavy atom. The fraction of sp³-hybridized carbons (Fsp3) is 0.208. The number of hydrogen-bond acceptors (Lipinski definition) is 3. The van der Waals surface area contributed by atoms with Gasteiger partial charge in [0.25, 0.3) is 0 Å². The van der Waals surface area contributed by atoms with Crippen LogP contribution in [-0.2, 0) is 0 Å². The third-order valence-electron chi connectivity index (χ3n) is 4.40. The molecule has 150 valence electrons. The maximum Gasteiger partial charge on any atom is 0.205 e. The Hall–Kier alpha value is -3.47. The van der Waals surface area contributed by atoms with Crippen molar-refractivity contribution in [3.63, 3.8) is 0 Å². The van der Waals surface area contributed by atoms with Gasteiger partial charge in [-0.15, -0.1) is 0 Å². The Morgan fingerprint density at radius 3 is 2.31 bits per heavy atom. The molecule has 0 aliphatic rings. The molecule has 0 radical (unpaired) electrons. The first-order chi connectivity index (χ1) is 14.2. The Kier molecular flexibility index (Phi) is 7.11. The van der Waals surface area contributed by atoms with Gasteiger partial charge in [-0.3, -0.25) is 4.90 Å². The predicted octanol–water partition coefficient (Wildman–Crippen LogP) is 5.66. The summed E-state index contributed by atoms with van der Waals surface area (Å²) < 4.78 is 11.1. The zero-order valence-corrected chi connectivity index (χ0v) is 16.9. The van der Waals surface area contributed by atoms with Crippen LogP contribution in [0.5, 0.6) is 11.5 Å². The number of anilines is 2. The summed E-state index contributed by atoms with van der Waals surface area (Å²) in [6.45, 7) is 2.86. The quantitative estimate of drug-likeness (QED) is 0.307. The Morgan fingerprint density at radius 1 is 0.897 bits per heavy atom. The maximum atomic E-state index is 6.45. The second kappa shape index (κ2) is 10.2. The highest BCUT2D eigenvalue weighted by Gasteiger charge is 2.14. The van der Waals surface area contributed by atoms with Crippen LogP contribution >= 0.6 is 0 Å². The lowest BCUT2D eigenvalue weighted by Crippen LogP contribution is -2.33. The Bertz CT molecular complexity index is 924. The van der Waals surface area contributed by atoms with Gasteiger partial charge in [-0.1, -0.05) is 37.6 Å². The highest BCUT2D eigenvalue weighted by Crippen LogP contribution is 2.29. The fourth-order valence-electron chi connectivity index (χ4n) is 2.87. The zero-order chi connectivity index (χ0) is 20.5. The first kappa shape index (κ1) is 20.3. The van der Waals surface area contributed by atoms with E-state index in [0.29, 0.717) is 5.96 Å². The molecule has 2 N–H and O–H groups in total. The van der Waals surface area contributed by atoms with E-state index in [1.165, 1.54) is 0 Å². The summed E-state index contributed by atoms with van der Waals surface area (Å²) in [7, 11) is 1.65. The molecule has 0 bridgehead atoms. The number of rotatable bonds is 8. The van der Waals surface area contributed by atoms with Gasteiger partial charge in [-0.25, -0.2) is 4.99 Å². The van der Waals surface area contributed by atoms with Crippen molar-refractivity contribution in [1.29, 1.82) is 0 Å². The second-order valence-corrected chi connectivity index (χ2v) is 6.54. The number of hydrogen-bond donors (Lipinski definition) is 1. The second-order valence-electron chi connectivity index (χ2n) is 6.54. The number of para-hydroxylation sites is 1. The van der Waals surface area contributed by atoms with Crippen LogP contribution in [0.15, 0.2) is 83.9 Å². The van der Waals surface area contributed by atoms with E-state index in [2.05, 4.69) is 11.9 Å². The van der Waals surface area contributed by atoms with Crippen LogP contribution in [-0.4, -0.2) is 19.7 Å². The summed E-state index contributed by atoms with van der Waals surface area (Å²) in [4.78, 5) is 6.53. The summed E-state index contributed by atoms with van der Waals surface area (Å²) >= 11 is 0. The van der Waals surface area contributed by atoms with Crippen LogP contribution in [0.2, 0.25) is 0 Å². The van der Waals surface area contributed by atoms with Crippen molar-refractivity contribution < 1.29 is 9.47 Å². The molecule has 0 heterocycles. The summed E-state index contributed by atoms with van der Waals surface area (Å²) in [5, 5.41) is 0. The van der Waals surface area contributed by atoms with E-state index in [0.717, 1.165) is 48.0 Å². The van der Waals surface area contributed by atoms with Crippen molar-refractivity contribution in [1.82, 2.24) is 0 Å². The molecule has 29 heavy (non-hydrogen) atoms. The van der Waals surface area contributed by atoms with Crippen LogP contribution in [0.1, 0.15) is 19.8 Å². The molecule has 0 atom stereocenters. The normalized spacial score (nSPS) is 11.2. The van der Waals surface area contributed by atoms with Crippen LogP contribution in [0.25, 0.3) is 0 Å². The largest absolute Gasteiger partial charge is 0.497 e. The van der Waals surface area contributed by atoms with E-state index >= 15 is 0 Å². The van der Waals surface area contributed by atoms with Gasteiger partial charge >= 0.3 is 0 Å². The zero-order valence-electron chi connectivity index (χ0n) is 16.9. The standard InChI is InChI=1S/C24H27N3O2/c1-3-4-17-29-22-15-13-19(14-16-22)26-24(25)27(20-9-6-5-7-10-20)21-11-8-12-23(18-21)28-2/h5-16,18H,3-4,17H2,1-2H3,(H2,25,26). The van der Waals surface area contributed by atoms with Crippen LogP contribution in [0.3, 0.4) is 0 Å². The van der Waals surface area contributed by atoms with Gasteiger partial charge in [0.15, 0.2) is 0 Å².